The number of fused-ring (bicyclic) bond motifs is 1. The summed E-state index contributed by atoms with van der Waals surface area (Å²) in [5.74, 6) is -1.01. The van der Waals surface area contributed by atoms with Crippen molar-refractivity contribution < 1.29 is 19.5 Å². The molecule has 156 valence electrons. The SMILES string of the molecule is CC1(C)CC(N=C=O)CC(C)(CNC(=O)N2CCc3nccc(C(=O)O)c3C2)C1. The molecule has 29 heavy (non-hydrogen) atoms. The Morgan fingerprint density at radius 1 is 1.38 bits per heavy atom. The number of nitrogens with zero attached hydrogens (tertiary/aromatic N) is 3. The number of amides is 2. The zero-order valence-electron chi connectivity index (χ0n) is 17.2. The number of isocyanates is 1. The number of aromatic carboxylic acids is 1. The van der Waals surface area contributed by atoms with Gasteiger partial charge in [-0.05, 0) is 36.2 Å². The Hall–Kier alpha value is -2.73. The zero-order valence-corrected chi connectivity index (χ0v) is 17.2. The summed E-state index contributed by atoms with van der Waals surface area (Å²) in [5, 5.41) is 12.4. The van der Waals surface area contributed by atoms with E-state index in [2.05, 4.69) is 36.1 Å². The van der Waals surface area contributed by atoms with Gasteiger partial charge in [-0.1, -0.05) is 20.8 Å². The Morgan fingerprint density at radius 3 is 2.83 bits per heavy atom. The molecule has 2 unspecified atom stereocenters. The van der Waals surface area contributed by atoms with E-state index >= 15 is 0 Å². The number of carbonyl (C=O) groups is 2. The maximum absolute atomic E-state index is 12.8. The number of hydrogen-bond donors (Lipinski definition) is 2. The van der Waals surface area contributed by atoms with Crippen molar-refractivity contribution in [2.75, 3.05) is 13.1 Å². The highest BCUT2D eigenvalue weighted by Gasteiger charge is 2.41. The molecule has 2 atom stereocenters. The molecule has 0 aromatic carbocycles. The van der Waals surface area contributed by atoms with Crippen LogP contribution in [-0.2, 0) is 17.8 Å². The molecule has 2 amide bonds. The van der Waals surface area contributed by atoms with E-state index in [1.165, 1.54) is 12.3 Å². The first-order valence-corrected chi connectivity index (χ1v) is 9.92. The number of rotatable bonds is 4. The van der Waals surface area contributed by atoms with Crippen LogP contribution in [0.3, 0.4) is 0 Å². The standard InChI is InChI=1S/C21H28N4O4/c1-20(2)8-14(24-13-26)9-21(3,11-20)12-23-19(29)25-7-5-17-16(10-25)15(18(27)28)4-6-22-17/h4,6,14H,5,7-12H2,1-3H3,(H,23,29)(H,27,28). The summed E-state index contributed by atoms with van der Waals surface area (Å²) < 4.78 is 0. The van der Waals surface area contributed by atoms with Gasteiger partial charge in [-0.25, -0.2) is 19.4 Å². The minimum atomic E-state index is -1.01. The van der Waals surface area contributed by atoms with Crippen LogP contribution in [-0.4, -0.2) is 52.2 Å². The number of nitrogens with one attached hydrogen (secondary N) is 1. The molecule has 8 nitrogen and oxygen atoms in total. The number of carbonyl (C=O) groups excluding carboxylic acids is 2. The molecule has 8 heteroatoms. The summed E-state index contributed by atoms with van der Waals surface area (Å²) >= 11 is 0. The van der Waals surface area contributed by atoms with Gasteiger partial charge in [-0.2, -0.15) is 0 Å². The van der Waals surface area contributed by atoms with E-state index in [9.17, 15) is 19.5 Å². The quantitative estimate of drug-likeness (QED) is 0.596. The van der Waals surface area contributed by atoms with Crippen LogP contribution in [0.2, 0.25) is 0 Å². The summed E-state index contributed by atoms with van der Waals surface area (Å²) in [4.78, 5) is 44.9. The van der Waals surface area contributed by atoms with Crippen LogP contribution in [0, 0.1) is 10.8 Å². The lowest BCUT2D eigenvalue weighted by atomic mass is 9.63. The molecule has 1 aromatic rings. The van der Waals surface area contributed by atoms with Gasteiger partial charge < -0.3 is 15.3 Å². The molecule has 2 heterocycles. The summed E-state index contributed by atoms with van der Waals surface area (Å²) in [6.07, 6.45) is 6.19. The third kappa shape index (κ3) is 4.82. The first kappa shape index (κ1) is 21.0. The maximum Gasteiger partial charge on any atom is 0.336 e. The minimum Gasteiger partial charge on any atom is -0.478 e. The molecular formula is C21H28N4O4. The first-order chi connectivity index (χ1) is 13.6. The fourth-order valence-electron chi connectivity index (χ4n) is 5.09. The molecule has 3 rings (SSSR count). The number of aromatic nitrogens is 1. The van der Waals surface area contributed by atoms with Gasteiger partial charge >= 0.3 is 12.0 Å². The Morgan fingerprint density at radius 2 is 2.14 bits per heavy atom. The fraction of sp³-hybridized carbons (Fsp3) is 0.619. The fourth-order valence-corrected chi connectivity index (χ4v) is 5.09. The van der Waals surface area contributed by atoms with Crippen molar-refractivity contribution in [2.24, 2.45) is 15.8 Å². The smallest absolute Gasteiger partial charge is 0.336 e. The number of pyridine rings is 1. The van der Waals surface area contributed by atoms with Crippen molar-refractivity contribution >= 4 is 18.1 Å². The Balaban J connectivity index is 1.67. The van der Waals surface area contributed by atoms with Crippen LogP contribution >= 0.6 is 0 Å². The number of aliphatic imine (C=N–C) groups is 1. The van der Waals surface area contributed by atoms with E-state index in [1.54, 1.807) is 11.0 Å². The molecule has 1 aromatic heterocycles. The first-order valence-electron chi connectivity index (χ1n) is 9.92. The second kappa shape index (κ2) is 7.95. The largest absolute Gasteiger partial charge is 0.478 e. The van der Waals surface area contributed by atoms with Crippen LogP contribution in [0.15, 0.2) is 17.3 Å². The second-order valence-electron chi connectivity index (χ2n) is 9.35. The van der Waals surface area contributed by atoms with Gasteiger partial charge in [0.05, 0.1) is 18.2 Å². The third-order valence-corrected chi connectivity index (χ3v) is 5.95. The van der Waals surface area contributed by atoms with Crippen molar-refractivity contribution in [1.29, 1.82) is 0 Å². The van der Waals surface area contributed by atoms with Crippen molar-refractivity contribution in [3.8, 4) is 0 Å². The van der Waals surface area contributed by atoms with Gasteiger partial charge in [0.1, 0.15) is 0 Å². The van der Waals surface area contributed by atoms with Gasteiger partial charge in [0.25, 0.3) is 0 Å². The molecule has 2 N–H and O–H groups in total. The molecular weight excluding hydrogens is 372 g/mol. The molecule has 2 aliphatic rings. The number of carboxylic acids is 1. The minimum absolute atomic E-state index is 0.0227. The van der Waals surface area contributed by atoms with Crippen LogP contribution < -0.4 is 5.32 Å². The van der Waals surface area contributed by atoms with Crippen LogP contribution in [0.5, 0.6) is 0 Å². The van der Waals surface area contributed by atoms with Gasteiger partial charge in [-0.3, -0.25) is 4.98 Å². The Bertz CT molecular complexity index is 862. The second-order valence-corrected chi connectivity index (χ2v) is 9.35. The highest BCUT2D eigenvalue weighted by molar-refractivity contribution is 5.89. The molecule has 1 fully saturated rings. The predicted molar refractivity (Wildman–Crippen MR) is 106 cm³/mol. The maximum atomic E-state index is 12.8. The van der Waals surface area contributed by atoms with Crippen LogP contribution in [0.1, 0.15) is 61.6 Å². The zero-order chi connectivity index (χ0) is 21.2. The van der Waals surface area contributed by atoms with Gasteiger partial charge in [0, 0.05) is 37.0 Å². The van der Waals surface area contributed by atoms with E-state index < -0.39 is 5.97 Å². The molecule has 1 aliphatic heterocycles. The average Bonchev–Trinajstić information content (AvgIpc) is 2.63. The predicted octanol–water partition coefficient (Wildman–Crippen LogP) is 2.77. The molecule has 0 saturated heterocycles. The lowest BCUT2D eigenvalue weighted by Gasteiger charge is -2.45. The van der Waals surface area contributed by atoms with E-state index in [1.807, 2.05) is 0 Å². The summed E-state index contributed by atoms with van der Waals surface area (Å²) in [6.45, 7) is 7.62. The molecule has 0 radical (unpaired) electrons. The Kier molecular flexibility index (Phi) is 5.75. The van der Waals surface area contributed by atoms with Gasteiger partial charge in [0.15, 0.2) is 0 Å². The Labute approximate surface area is 170 Å². The van der Waals surface area contributed by atoms with Crippen LogP contribution in [0.4, 0.5) is 4.79 Å². The molecule has 1 saturated carbocycles. The number of hydrogen-bond acceptors (Lipinski definition) is 5. The molecule has 0 spiro atoms. The lowest BCUT2D eigenvalue weighted by molar-refractivity contribution is 0.0693. The lowest BCUT2D eigenvalue weighted by Crippen LogP contribution is -2.49. The third-order valence-electron chi connectivity index (χ3n) is 5.95. The van der Waals surface area contributed by atoms with E-state index in [0.717, 1.165) is 25.0 Å². The monoisotopic (exact) mass is 400 g/mol. The van der Waals surface area contributed by atoms with Crippen LogP contribution in [0.25, 0.3) is 0 Å². The van der Waals surface area contributed by atoms with Crippen molar-refractivity contribution in [2.45, 2.75) is 59.0 Å². The highest BCUT2D eigenvalue weighted by Crippen LogP contribution is 2.46. The topological polar surface area (TPSA) is 112 Å². The normalized spacial score (nSPS) is 25.5. The summed E-state index contributed by atoms with van der Waals surface area (Å²) in [6, 6.07) is 1.18. The van der Waals surface area contributed by atoms with Gasteiger partial charge in [-0.15, -0.1) is 0 Å². The van der Waals surface area contributed by atoms with E-state index in [0.29, 0.717) is 25.1 Å². The number of urea groups is 1. The molecule has 1 aliphatic carbocycles. The van der Waals surface area contributed by atoms with Crippen molar-refractivity contribution in [3.63, 3.8) is 0 Å². The van der Waals surface area contributed by atoms with E-state index in [4.69, 9.17) is 0 Å². The highest BCUT2D eigenvalue weighted by atomic mass is 16.4. The summed E-state index contributed by atoms with van der Waals surface area (Å²) in [5.41, 5.74) is 1.39. The number of carboxylic acid groups (broad SMARTS) is 1. The summed E-state index contributed by atoms with van der Waals surface area (Å²) in [7, 11) is 0. The van der Waals surface area contributed by atoms with E-state index in [-0.39, 0.29) is 35.0 Å². The van der Waals surface area contributed by atoms with Gasteiger partial charge in [0.2, 0.25) is 6.08 Å². The molecule has 0 bridgehead atoms. The van der Waals surface area contributed by atoms with Crippen molar-refractivity contribution in [1.82, 2.24) is 15.2 Å². The average molecular weight is 400 g/mol. The van der Waals surface area contributed by atoms with Crippen molar-refractivity contribution in [3.05, 3.63) is 29.1 Å².